The van der Waals surface area contributed by atoms with Crippen molar-refractivity contribution < 1.29 is 8.42 Å². The van der Waals surface area contributed by atoms with E-state index in [-0.39, 0.29) is 11.6 Å². The fraction of sp³-hybridized carbons (Fsp3) is 0.471. The molecule has 0 aliphatic carbocycles. The zero-order valence-electron chi connectivity index (χ0n) is 14.6. The van der Waals surface area contributed by atoms with Crippen LogP contribution in [0.2, 0.25) is 0 Å². The average molecular weight is 337 g/mol. The number of rotatable bonds is 8. The van der Waals surface area contributed by atoms with Crippen LogP contribution in [0.1, 0.15) is 34.1 Å². The van der Waals surface area contributed by atoms with Gasteiger partial charge in [0, 0.05) is 19.8 Å². The van der Waals surface area contributed by atoms with Gasteiger partial charge in [-0.15, -0.1) is 0 Å². The molecule has 1 aromatic heterocycles. The van der Waals surface area contributed by atoms with Crippen LogP contribution in [0.25, 0.3) is 0 Å². The molecule has 0 aromatic carbocycles. The van der Waals surface area contributed by atoms with Crippen molar-refractivity contribution >= 4 is 10.0 Å². The first kappa shape index (κ1) is 19.4. The van der Waals surface area contributed by atoms with Gasteiger partial charge in [0.25, 0.3) is 10.0 Å². The Morgan fingerprint density at radius 3 is 2.52 bits per heavy atom. The second kappa shape index (κ2) is 8.26. The summed E-state index contributed by atoms with van der Waals surface area (Å²) in [5.74, 6) is 0.570. The molecular formula is C17H27N3O2S. The van der Waals surface area contributed by atoms with E-state index in [0.29, 0.717) is 11.5 Å². The van der Waals surface area contributed by atoms with Gasteiger partial charge in [0.2, 0.25) is 0 Å². The van der Waals surface area contributed by atoms with Crippen LogP contribution in [0.5, 0.6) is 0 Å². The molecule has 23 heavy (non-hydrogen) atoms. The predicted molar refractivity (Wildman–Crippen MR) is 94.5 cm³/mol. The molecule has 0 fully saturated rings. The van der Waals surface area contributed by atoms with Crippen molar-refractivity contribution in [2.24, 2.45) is 13.0 Å². The lowest BCUT2D eigenvalue weighted by atomic mass is 9.98. The Hall–Kier alpha value is -1.66. The van der Waals surface area contributed by atoms with Crippen LogP contribution >= 0.6 is 0 Å². The Labute approximate surface area is 139 Å². The summed E-state index contributed by atoms with van der Waals surface area (Å²) in [5, 5.41) is 0.0153. The van der Waals surface area contributed by atoms with Crippen LogP contribution in [0.4, 0.5) is 0 Å². The summed E-state index contributed by atoms with van der Waals surface area (Å²) in [5.41, 5.74) is 3.22. The number of nitrogens with one attached hydrogen (secondary N) is 1. The standard InChI is InChI=1S/C17H27N3O2S/c1-13(2)9-16(14(3)4)8-7-15(5)10-19-23(21,22)17-11-20(6)12-18-17/h7-8,11-13,19H,5,9-10H2,1-4,6H3/b8-7-. The summed E-state index contributed by atoms with van der Waals surface area (Å²) in [6.07, 6.45) is 7.80. The zero-order chi connectivity index (χ0) is 17.6. The van der Waals surface area contributed by atoms with E-state index in [1.807, 2.05) is 12.2 Å². The molecule has 0 saturated heterocycles. The molecule has 0 saturated carbocycles. The molecular weight excluding hydrogens is 310 g/mol. The molecule has 0 spiro atoms. The third-order valence-electron chi connectivity index (χ3n) is 3.24. The number of hydrogen-bond donors (Lipinski definition) is 1. The molecule has 0 unspecified atom stereocenters. The first-order valence-corrected chi connectivity index (χ1v) is 9.10. The maximum atomic E-state index is 12.1. The van der Waals surface area contributed by atoms with Crippen LogP contribution < -0.4 is 4.72 Å². The van der Waals surface area contributed by atoms with E-state index >= 15 is 0 Å². The van der Waals surface area contributed by atoms with Gasteiger partial charge in [0.1, 0.15) is 0 Å². The summed E-state index contributed by atoms with van der Waals surface area (Å²) in [7, 11) is -1.87. The van der Waals surface area contributed by atoms with Crippen molar-refractivity contribution in [3.63, 3.8) is 0 Å². The van der Waals surface area contributed by atoms with Gasteiger partial charge in [-0.25, -0.2) is 18.1 Å². The summed E-state index contributed by atoms with van der Waals surface area (Å²) in [4.78, 5) is 3.85. The number of nitrogens with zero attached hydrogens (tertiary/aromatic N) is 2. The minimum atomic E-state index is -3.60. The Morgan fingerprint density at radius 1 is 1.39 bits per heavy atom. The largest absolute Gasteiger partial charge is 0.339 e. The SMILES string of the molecule is C=C(/C=C\C(CC(C)C)=C(C)C)CNS(=O)(=O)c1cn(C)cn1. The maximum absolute atomic E-state index is 12.1. The van der Waals surface area contributed by atoms with E-state index < -0.39 is 10.0 Å². The minimum absolute atomic E-state index is 0.0153. The van der Waals surface area contributed by atoms with Crippen LogP contribution in [-0.4, -0.2) is 24.5 Å². The highest BCUT2D eigenvalue weighted by atomic mass is 32.2. The predicted octanol–water partition coefficient (Wildman–Crippen LogP) is 3.19. The van der Waals surface area contributed by atoms with E-state index in [9.17, 15) is 8.42 Å². The summed E-state index contributed by atoms with van der Waals surface area (Å²) in [6, 6.07) is 0. The molecule has 5 nitrogen and oxygen atoms in total. The van der Waals surface area contributed by atoms with Crippen LogP contribution in [0.15, 0.2) is 53.0 Å². The molecule has 128 valence electrons. The molecule has 6 heteroatoms. The van der Waals surface area contributed by atoms with Crippen molar-refractivity contribution in [3.05, 3.63) is 48.0 Å². The Balaban J connectivity index is 2.67. The lowest BCUT2D eigenvalue weighted by molar-refractivity contribution is 0.581. The number of hydrogen-bond acceptors (Lipinski definition) is 3. The van der Waals surface area contributed by atoms with Gasteiger partial charge < -0.3 is 4.57 Å². The topological polar surface area (TPSA) is 64.0 Å². The van der Waals surface area contributed by atoms with Gasteiger partial charge in [-0.1, -0.05) is 38.2 Å². The van der Waals surface area contributed by atoms with Crippen molar-refractivity contribution in [1.29, 1.82) is 0 Å². The minimum Gasteiger partial charge on any atom is -0.339 e. The van der Waals surface area contributed by atoms with Crippen molar-refractivity contribution in [3.8, 4) is 0 Å². The Morgan fingerprint density at radius 2 is 2.04 bits per heavy atom. The second-order valence-corrected chi connectivity index (χ2v) is 8.03. The molecule has 1 N–H and O–H groups in total. The first-order valence-electron chi connectivity index (χ1n) is 7.61. The number of imidazole rings is 1. The summed E-state index contributed by atoms with van der Waals surface area (Å²) >= 11 is 0. The molecule has 0 atom stereocenters. The number of aryl methyl sites for hydroxylation is 1. The van der Waals surface area contributed by atoms with E-state index in [2.05, 4.69) is 44.0 Å². The Kier molecular flexibility index (Phi) is 6.97. The van der Waals surface area contributed by atoms with Gasteiger partial charge in [0.15, 0.2) is 5.03 Å². The van der Waals surface area contributed by atoms with E-state index in [4.69, 9.17) is 0 Å². The maximum Gasteiger partial charge on any atom is 0.259 e. The van der Waals surface area contributed by atoms with Gasteiger partial charge in [0.05, 0.1) is 6.33 Å². The molecule has 0 radical (unpaired) electrons. The highest BCUT2D eigenvalue weighted by molar-refractivity contribution is 7.89. The van der Waals surface area contributed by atoms with Gasteiger partial charge in [-0.2, -0.15) is 0 Å². The number of aromatic nitrogens is 2. The molecule has 1 rings (SSSR count). The lowest BCUT2D eigenvalue weighted by Crippen LogP contribution is -2.25. The molecule has 0 aliphatic rings. The smallest absolute Gasteiger partial charge is 0.259 e. The molecule has 0 bridgehead atoms. The monoisotopic (exact) mass is 337 g/mol. The lowest BCUT2D eigenvalue weighted by Gasteiger charge is -2.09. The normalized spacial score (nSPS) is 12.1. The third kappa shape index (κ3) is 6.54. The van der Waals surface area contributed by atoms with Gasteiger partial charge in [-0.05, 0) is 37.3 Å². The molecule has 0 aliphatic heterocycles. The fourth-order valence-electron chi connectivity index (χ4n) is 1.95. The van der Waals surface area contributed by atoms with Crippen LogP contribution in [0, 0.1) is 5.92 Å². The van der Waals surface area contributed by atoms with E-state index in [0.717, 1.165) is 6.42 Å². The average Bonchev–Trinajstić information content (AvgIpc) is 2.88. The molecule has 1 heterocycles. The fourth-order valence-corrected chi connectivity index (χ4v) is 2.96. The van der Waals surface area contributed by atoms with E-state index in [1.165, 1.54) is 23.7 Å². The zero-order valence-corrected chi connectivity index (χ0v) is 15.4. The van der Waals surface area contributed by atoms with Crippen molar-refractivity contribution in [2.75, 3.05) is 6.54 Å². The van der Waals surface area contributed by atoms with Crippen LogP contribution in [-0.2, 0) is 17.1 Å². The molecule has 1 aromatic rings. The third-order valence-corrected chi connectivity index (χ3v) is 4.52. The van der Waals surface area contributed by atoms with Gasteiger partial charge in [-0.3, -0.25) is 0 Å². The number of sulfonamides is 1. The second-order valence-electron chi connectivity index (χ2n) is 6.32. The first-order chi connectivity index (χ1) is 10.6. The summed E-state index contributed by atoms with van der Waals surface area (Å²) < 4.78 is 28.3. The van der Waals surface area contributed by atoms with Crippen molar-refractivity contribution in [2.45, 2.75) is 39.1 Å². The number of allylic oxidation sites excluding steroid dienone is 3. The highest BCUT2D eigenvalue weighted by Crippen LogP contribution is 2.17. The Bertz CT molecular complexity index is 706. The van der Waals surface area contributed by atoms with Crippen LogP contribution in [0.3, 0.4) is 0 Å². The van der Waals surface area contributed by atoms with Gasteiger partial charge >= 0.3 is 0 Å². The molecule has 0 amide bonds. The quantitative estimate of drug-likeness (QED) is 0.741. The highest BCUT2D eigenvalue weighted by Gasteiger charge is 2.16. The van der Waals surface area contributed by atoms with Crippen molar-refractivity contribution in [1.82, 2.24) is 14.3 Å². The van der Waals surface area contributed by atoms with E-state index in [1.54, 1.807) is 11.6 Å². The summed E-state index contributed by atoms with van der Waals surface area (Å²) in [6.45, 7) is 12.6.